The molecule has 0 aliphatic carbocycles. The third-order valence-electron chi connectivity index (χ3n) is 4.09. The third kappa shape index (κ3) is 3.78. The number of rotatable bonds is 3. The summed E-state index contributed by atoms with van der Waals surface area (Å²) in [4.78, 5) is 33.6. The number of pyridine rings is 2. The Labute approximate surface area is 142 Å². The van der Waals surface area contributed by atoms with Gasteiger partial charge in [-0.3, -0.25) is 19.6 Å². The van der Waals surface area contributed by atoms with Gasteiger partial charge in [-0.25, -0.2) is 8.78 Å². The summed E-state index contributed by atoms with van der Waals surface area (Å²) in [6.45, 7) is 2.47. The fourth-order valence-corrected chi connectivity index (χ4v) is 2.83. The number of amides is 2. The number of likely N-dealkylation sites (tertiary alicyclic amines) is 1. The molecule has 8 heteroatoms. The van der Waals surface area contributed by atoms with Crippen LogP contribution in [-0.2, 0) is 0 Å². The van der Waals surface area contributed by atoms with Crippen LogP contribution < -0.4 is 5.32 Å². The van der Waals surface area contributed by atoms with Gasteiger partial charge in [0.05, 0.1) is 29.1 Å². The first-order valence-electron chi connectivity index (χ1n) is 7.69. The Bertz CT molecular complexity index is 830. The van der Waals surface area contributed by atoms with Gasteiger partial charge in [0.25, 0.3) is 11.8 Å². The first-order chi connectivity index (χ1) is 11.9. The van der Waals surface area contributed by atoms with Crippen LogP contribution in [0.25, 0.3) is 0 Å². The summed E-state index contributed by atoms with van der Waals surface area (Å²) in [6.07, 6.45) is 5.14. The van der Waals surface area contributed by atoms with E-state index in [1.165, 1.54) is 17.3 Å². The van der Waals surface area contributed by atoms with Crippen molar-refractivity contribution in [2.45, 2.75) is 18.9 Å². The van der Waals surface area contributed by atoms with Crippen molar-refractivity contribution in [3.8, 4) is 0 Å². The molecule has 0 spiro atoms. The summed E-state index contributed by atoms with van der Waals surface area (Å²) in [5.41, 5.74) is -0.398. The van der Waals surface area contributed by atoms with Crippen LogP contribution in [0, 0.1) is 11.6 Å². The molecule has 1 unspecified atom stereocenters. The lowest BCUT2D eigenvalue weighted by atomic mass is 10.0. The van der Waals surface area contributed by atoms with Crippen LogP contribution in [0.3, 0.4) is 0 Å². The Morgan fingerprint density at radius 1 is 1.08 bits per heavy atom. The van der Waals surface area contributed by atoms with E-state index < -0.39 is 23.1 Å². The topological polar surface area (TPSA) is 75.2 Å². The smallest absolute Gasteiger partial charge is 0.255 e. The van der Waals surface area contributed by atoms with Gasteiger partial charge >= 0.3 is 0 Å². The molecule has 0 aromatic carbocycles. The van der Waals surface area contributed by atoms with Gasteiger partial charge in [0.15, 0.2) is 0 Å². The quantitative estimate of drug-likeness (QED) is 0.919. The van der Waals surface area contributed by atoms with E-state index in [4.69, 9.17) is 0 Å². The Morgan fingerprint density at radius 2 is 1.68 bits per heavy atom. The van der Waals surface area contributed by atoms with Crippen molar-refractivity contribution < 1.29 is 18.4 Å². The average Bonchev–Trinajstić information content (AvgIpc) is 2.96. The average molecular weight is 346 g/mol. The van der Waals surface area contributed by atoms with Crippen LogP contribution in [0.2, 0.25) is 0 Å². The molecule has 130 valence electrons. The highest BCUT2D eigenvalue weighted by Gasteiger charge is 2.37. The van der Waals surface area contributed by atoms with E-state index in [2.05, 4.69) is 15.3 Å². The minimum absolute atomic E-state index is 0.111. The van der Waals surface area contributed by atoms with Gasteiger partial charge in [0.2, 0.25) is 0 Å². The van der Waals surface area contributed by atoms with Gasteiger partial charge in [0.1, 0.15) is 11.6 Å². The molecule has 1 aliphatic rings. The van der Waals surface area contributed by atoms with Crippen molar-refractivity contribution in [1.29, 1.82) is 0 Å². The Morgan fingerprint density at radius 3 is 2.32 bits per heavy atom. The van der Waals surface area contributed by atoms with Crippen molar-refractivity contribution in [2.75, 3.05) is 13.1 Å². The Kier molecular flexibility index (Phi) is 4.43. The largest absolute Gasteiger partial charge is 0.345 e. The molecule has 3 heterocycles. The highest BCUT2D eigenvalue weighted by atomic mass is 19.1. The van der Waals surface area contributed by atoms with Crippen molar-refractivity contribution in [3.05, 3.63) is 59.7 Å². The molecule has 1 N–H and O–H groups in total. The highest BCUT2D eigenvalue weighted by Crippen LogP contribution is 2.23. The van der Waals surface area contributed by atoms with Crippen LogP contribution in [-0.4, -0.2) is 45.3 Å². The molecule has 2 aromatic heterocycles. The standard InChI is InChI=1S/C17H16F2N4O2/c1-17(22-15(24)11-4-13(18)8-20-6-11)2-3-23(10-17)16(25)12-5-14(19)9-21-7-12/h4-9H,2-3,10H2,1H3,(H,22,24). The van der Waals surface area contributed by atoms with E-state index in [9.17, 15) is 18.4 Å². The zero-order chi connectivity index (χ0) is 18.0. The van der Waals surface area contributed by atoms with Crippen LogP contribution in [0.1, 0.15) is 34.1 Å². The van der Waals surface area contributed by atoms with E-state index in [0.717, 1.165) is 24.5 Å². The summed E-state index contributed by atoms with van der Waals surface area (Å²) < 4.78 is 26.4. The van der Waals surface area contributed by atoms with Crippen LogP contribution in [0.4, 0.5) is 8.78 Å². The second-order valence-electron chi connectivity index (χ2n) is 6.28. The summed E-state index contributed by atoms with van der Waals surface area (Å²) in [5.74, 6) is -1.99. The number of aromatic nitrogens is 2. The van der Waals surface area contributed by atoms with Crippen LogP contribution in [0.5, 0.6) is 0 Å². The number of hydrogen-bond donors (Lipinski definition) is 1. The Hall–Kier alpha value is -2.90. The lowest BCUT2D eigenvalue weighted by molar-refractivity contribution is 0.0768. The molecule has 0 radical (unpaired) electrons. The second-order valence-corrected chi connectivity index (χ2v) is 6.28. The second kappa shape index (κ2) is 6.54. The zero-order valence-electron chi connectivity index (χ0n) is 13.5. The molecule has 0 bridgehead atoms. The SMILES string of the molecule is CC1(NC(=O)c2cncc(F)c2)CCN(C(=O)c2cncc(F)c2)C1. The maximum absolute atomic E-state index is 13.2. The number of nitrogens with zero attached hydrogens (tertiary/aromatic N) is 3. The van der Waals surface area contributed by atoms with Crippen molar-refractivity contribution in [3.63, 3.8) is 0 Å². The van der Waals surface area contributed by atoms with E-state index in [-0.39, 0.29) is 23.6 Å². The predicted molar refractivity (Wildman–Crippen MR) is 84.8 cm³/mol. The molecule has 6 nitrogen and oxygen atoms in total. The summed E-state index contributed by atoms with van der Waals surface area (Å²) in [5, 5.41) is 2.82. The first-order valence-corrected chi connectivity index (χ1v) is 7.69. The molecule has 25 heavy (non-hydrogen) atoms. The number of nitrogens with one attached hydrogen (secondary N) is 1. The van der Waals surface area contributed by atoms with E-state index in [1.807, 2.05) is 0 Å². The van der Waals surface area contributed by atoms with Crippen molar-refractivity contribution in [1.82, 2.24) is 20.2 Å². The van der Waals surface area contributed by atoms with Crippen LogP contribution in [0.15, 0.2) is 36.9 Å². The number of halogens is 2. The Balaban J connectivity index is 1.68. The first kappa shape index (κ1) is 16.9. The maximum Gasteiger partial charge on any atom is 0.255 e. The third-order valence-corrected chi connectivity index (χ3v) is 4.09. The minimum atomic E-state index is -0.667. The minimum Gasteiger partial charge on any atom is -0.345 e. The molecular formula is C17H16F2N4O2. The fraction of sp³-hybridized carbons (Fsp3) is 0.294. The highest BCUT2D eigenvalue weighted by molar-refractivity contribution is 5.95. The van der Waals surface area contributed by atoms with Gasteiger partial charge in [-0.15, -0.1) is 0 Å². The molecule has 1 saturated heterocycles. The number of carbonyl (C=O) groups excluding carboxylic acids is 2. The molecule has 1 fully saturated rings. The zero-order valence-corrected chi connectivity index (χ0v) is 13.5. The van der Waals surface area contributed by atoms with Crippen molar-refractivity contribution >= 4 is 11.8 Å². The molecule has 2 amide bonds. The lowest BCUT2D eigenvalue weighted by Gasteiger charge is -2.26. The van der Waals surface area contributed by atoms with E-state index in [0.29, 0.717) is 13.0 Å². The van der Waals surface area contributed by atoms with Gasteiger partial charge in [-0.2, -0.15) is 0 Å². The molecule has 2 aromatic rings. The normalized spacial score (nSPS) is 19.7. The van der Waals surface area contributed by atoms with Crippen molar-refractivity contribution in [2.24, 2.45) is 0 Å². The molecule has 3 rings (SSSR count). The van der Waals surface area contributed by atoms with E-state index in [1.54, 1.807) is 6.92 Å². The van der Waals surface area contributed by atoms with Gasteiger partial charge < -0.3 is 10.2 Å². The summed E-state index contributed by atoms with van der Waals surface area (Å²) >= 11 is 0. The monoisotopic (exact) mass is 346 g/mol. The van der Waals surface area contributed by atoms with Gasteiger partial charge in [-0.1, -0.05) is 0 Å². The van der Waals surface area contributed by atoms with E-state index >= 15 is 0 Å². The molecule has 1 aliphatic heterocycles. The molecule has 1 atom stereocenters. The number of hydrogen-bond acceptors (Lipinski definition) is 4. The fourth-order valence-electron chi connectivity index (χ4n) is 2.83. The number of carbonyl (C=O) groups is 2. The lowest BCUT2D eigenvalue weighted by Crippen LogP contribution is -2.48. The van der Waals surface area contributed by atoms with Gasteiger partial charge in [0, 0.05) is 25.5 Å². The predicted octanol–water partition coefficient (Wildman–Crippen LogP) is 1.79. The van der Waals surface area contributed by atoms with Gasteiger partial charge in [-0.05, 0) is 25.5 Å². The summed E-state index contributed by atoms with van der Waals surface area (Å²) in [6, 6.07) is 2.23. The molecule has 0 saturated carbocycles. The van der Waals surface area contributed by atoms with Crippen LogP contribution >= 0.6 is 0 Å². The molecular weight excluding hydrogens is 330 g/mol. The maximum atomic E-state index is 13.2. The summed E-state index contributed by atoms with van der Waals surface area (Å²) in [7, 11) is 0.